The lowest BCUT2D eigenvalue weighted by Gasteiger charge is -2.33. The van der Waals surface area contributed by atoms with Crippen molar-refractivity contribution < 1.29 is 19.5 Å². The fraction of sp³-hybridized carbons (Fsp3) is 0.550. The number of nitrogens with one attached hydrogen (secondary N) is 3. The molecule has 2 saturated heterocycles. The van der Waals surface area contributed by atoms with Gasteiger partial charge in [0.2, 0.25) is 11.8 Å². The van der Waals surface area contributed by atoms with E-state index >= 15 is 0 Å². The first-order valence-electron chi connectivity index (χ1n) is 9.86. The molecule has 0 radical (unpaired) electrons. The Hall–Kier alpha value is -2.29. The fourth-order valence-electron chi connectivity index (χ4n) is 4.35. The molecular formula is C20H26N4O4. The molecule has 3 aliphatic rings. The van der Waals surface area contributed by atoms with Gasteiger partial charge in [-0.15, -0.1) is 0 Å². The maximum atomic E-state index is 12.8. The number of benzene rings is 1. The van der Waals surface area contributed by atoms with Crippen LogP contribution in [0.2, 0.25) is 0 Å². The van der Waals surface area contributed by atoms with Gasteiger partial charge in [-0.3, -0.25) is 19.7 Å². The molecule has 3 heterocycles. The van der Waals surface area contributed by atoms with Crippen molar-refractivity contribution in [3.05, 3.63) is 34.9 Å². The van der Waals surface area contributed by atoms with Crippen molar-refractivity contribution in [2.45, 2.75) is 50.4 Å². The highest BCUT2D eigenvalue weighted by Crippen LogP contribution is 2.30. The number of piperidine rings is 2. The second-order valence-corrected chi connectivity index (χ2v) is 7.95. The molecule has 4 rings (SSSR count). The summed E-state index contributed by atoms with van der Waals surface area (Å²) in [7, 11) is 0. The summed E-state index contributed by atoms with van der Waals surface area (Å²) in [5, 5.41) is 19.5. The van der Waals surface area contributed by atoms with Crippen molar-refractivity contribution in [3.63, 3.8) is 0 Å². The third-order valence-electron chi connectivity index (χ3n) is 5.90. The van der Waals surface area contributed by atoms with Crippen molar-refractivity contribution in [2.75, 3.05) is 19.6 Å². The number of rotatable bonds is 5. The molecule has 2 fully saturated rings. The molecule has 2 unspecified atom stereocenters. The van der Waals surface area contributed by atoms with Gasteiger partial charge < -0.3 is 20.6 Å². The quantitative estimate of drug-likeness (QED) is 0.515. The summed E-state index contributed by atoms with van der Waals surface area (Å²) in [5.74, 6) is -0.851. The first kappa shape index (κ1) is 19.0. The van der Waals surface area contributed by atoms with Crippen LogP contribution in [0, 0.1) is 0 Å². The van der Waals surface area contributed by atoms with E-state index in [1.165, 1.54) is 0 Å². The first-order chi connectivity index (χ1) is 13.5. The molecule has 3 aliphatic heterocycles. The minimum atomic E-state index is -0.745. The zero-order valence-corrected chi connectivity index (χ0v) is 15.8. The highest BCUT2D eigenvalue weighted by molar-refractivity contribution is 6.05. The Bertz CT molecular complexity index is 803. The van der Waals surface area contributed by atoms with Crippen LogP contribution < -0.4 is 16.0 Å². The predicted molar refractivity (Wildman–Crippen MR) is 101 cm³/mol. The molecular weight excluding hydrogens is 360 g/mol. The van der Waals surface area contributed by atoms with Crippen molar-refractivity contribution in [3.8, 4) is 0 Å². The second kappa shape index (κ2) is 7.62. The number of imide groups is 1. The van der Waals surface area contributed by atoms with Gasteiger partial charge in [0.1, 0.15) is 6.04 Å². The van der Waals surface area contributed by atoms with Crippen LogP contribution in [0.25, 0.3) is 0 Å². The minimum absolute atomic E-state index is 0.165. The summed E-state index contributed by atoms with van der Waals surface area (Å²) in [6.07, 6.45) is 2.32. The molecule has 8 nitrogen and oxygen atoms in total. The highest BCUT2D eigenvalue weighted by Gasteiger charge is 2.39. The van der Waals surface area contributed by atoms with E-state index in [4.69, 9.17) is 0 Å². The molecule has 2 atom stereocenters. The lowest BCUT2D eigenvalue weighted by molar-refractivity contribution is -0.136. The average Bonchev–Trinajstić information content (AvgIpc) is 3.00. The number of hydrogen-bond donors (Lipinski definition) is 4. The molecule has 1 aromatic rings. The number of amides is 3. The molecule has 0 aromatic heterocycles. The monoisotopic (exact) mass is 386 g/mol. The van der Waals surface area contributed by atoms with Crippen LogP contribution in [-0.4, -0.2) is 59.0 Å². The summed E-state index contributed by atoms with van der Waals surface area (Å²) < 4.78 is 0. The Morgan fingerprint density at radius 2 is 2.14 bits per heavy atom. The molecule has 1 aromatic carbocycles. The highest BCUT2D eigenvalue weighted by atomic mass is 16.3. The van der Waals surface area contributed by atoms with Gasteiger partial charge in [0.25, 0.3) is 5.91 Å². The summed E-state index contributed by atoms with van der Waals surface area (Å²) in [6, 6.07) is 4.99. The van der Waals surface area contributed by atoms with E-state index in [0.29, 0.717) is 38.2 Å². The summed E-state index contributed by atoms with van der Waals surface area (Å²) in [4.78, 5) is 38.0. The molecule has 150 valence electrons. The van der Waals surface area contributed by atoms with E-state index in [-0.39, 0.29) is 18.2 Å². The van der Waals surface area contributed by atoms with Crippen LogP contribution >= 0.6 is 0 Å². The zero-order chi connectivity index (χ0) is 19.7. The standard InChI is InChI=1S/C20H26N4O4/c25-17-6-5-16(18(26)23-17)24-10-15-13(3-1-4-14(15)19(24)27)9-22-12-20(28)7-2-8-21-11-20/h1,3-4,16,21-22,28H,2,5-12H2,(H,23,25,26). The topological polar surface area (TPSA) is 111 Å². The number of fused-ring (bicyclic) bond motifs is 1. The molecule has 8 heteroatoms. The van der Waals surface area contributed by atoms with Gasteiger partial charge in [-0.2, -0.15) is 0 Å². The Morgan fingerprint density at radius 1 is 1.29 bits per heavy atom. The molecule has 0 spiro atoms. The van der Waals surface area contributed by atoms with Gasteiger partial charge in [0.05, 0.1) is 5.60 Å². The van der Waals surface area contributed by atoms with E-state index < -0.39 is 17.6 Å². The maximum absolute atomic E-state index is 12.8. The average molecular weight is 386 g/mol. The third kappa shape index (κ3) is 3.67. The summed E-state index contributed by atoms with van der Waals surface area (Å²) in [6.45, 7) is 2.90. The lowest BCUT2D eigenvalue weighted by atomic mass is 9.94. The van der Waals surface area contributed by atoms with Gasteiger partial charge in [0.15, 0.2) is 0 Å². The number of carbonyl (C=O) groups excluding carboxylic acids is 3. The van der Waals surface area contributed by atoms with Crippen molar-refractivity contribution >= 4 is 17.7 Å². The maximum Gasteiger partial charge on any atom is 0.255 e. The van der Waals surface area contributed by atoms with Crippen LogP contribution in [-0.2, 0) is 22.7 Å². The summed E-state index contributed by atoms with van der Waals surface area (Å²) in [5.41, 5.74) is 1.78. The van der Waals surface area contributed by atoms with Crippen molar-refractivity contribution in [2.24, 2.45) is 0 Å². The molecule has 0 aliphatic carbocycles. The van der Waals surface area contributed by atoms with Gasteiger partial charge in [-0.1, -0.05) is 12.1 Å². The van der Waals surface area contributed by atoms with E-state index in [1.807, 2.05) is 12.1 Å². The van der Waals surface area contributed by atoms with Gasteiger partial charge in [0, 0.05) is 38.2 Å². The normalized spacial score (nSPS) is 27.7. The first-order valence-corrected chi connectivity index (χ1v) is 9.86. The van der Waals surface area contributed by atoms with Crippen LogP contribution in [0.1, 0.15) is 47.2 Å². The number of nitrogens with zero attached hydrogens (tertiary/aromatic N) is 1. The Balaban J connectivity index is 1.44. The van der Waals surface area contributed by atoms with Crippen molar-refractivity contribution in [1.82, 2.24) is 20.9 Å². The number of aliphatic hydroxyl groups is 1. The third-order valence-corrected chi connectivity index (χ3v) is 5.90. The van der Waals surface area contributed by atoms with E-state index in [9.17, 15) is 19.5 Å². The van der Waals surface area contributed by atoms with Gasteiger partial charge >= 0.3 is 0 Å². The van der Waals surface area contributed by atoms with E-state index in [0.717, 1.165) is 30.5 Å². The Labute approximate surface area is 163 Å². The second-order valence-electron chi connectivity index (χ2n) is 7.95. The summed E-state index contributed by atoms with van der Waals surface area (Å²) >= 11 is 0. The Kier molecular flexibility index (Phi) is 5.18. The zero-order valence-electron chi connectivity index (χ0n) is 15.8. The molecule has 3 amide bonds. The van der Waals surface area contributed by atoms with Gasteiger partial charge in [-0.05, 0) is 43.0 Å². The van der Waals surface area contributed by atoms with E-state index in [1.54, 1.807) is 11.0 Å². The molecule has 0 saturated carbocycles. The lowest BCUT2D eigenvalue weighted by Crippen LogP contribution is -2.52. The number of β-amino-alcohol motifs (C(OH)–C–C–N with tert-alkyl or cyclic N) is 1. The largest absolute Gasteiger partial charge is 0.387 e. The van der Waals surface area contributed by atoms with Crippen LogP contribution in [0.15, 0.2) is 18.2 Å². The smallest absolute Gasteiger partial charge is 0.255 e. The number of carbonyl (C=O) groups is 3. The van der Waals surface area contributed by atoms with Crippen LogP contribution in [0.5, 0.6) is 0 Å². The number of hydrogen-bond acceptors (Lipinski definition) is 6. The van der Waals surface area contributed by atoms with Crippen molar-refractivity contribution in [1.29, 1.82) is 0 Å². The Morgan fingerprint density at radius 3 is 2.89 bits per heavy atom. The van der Waals surface area contributed by atoms with Crippen LogP contribution in [0.4, 0.5) is 0 Å². The fourth-order valence-corrected chi connectivity index (χ4v) is 4.35. The molecule has 28 heavy (non-hydrogen) atoms. The molecule has 4 N–H and O–H groups in total. The predicted octanol–water partition coefficient (Wildman–Crippen LogP) is -0.348. The minimum Gasteiger partial charge on any atom is -0.387 e. The SMILES string of the molecule is O=C1CCC(N2Cc3c(CNCC4(O)CCCNC4)cccc3C2=O)C(=O)N1. The van der Waals surface area contributed by atoms with Gasteiger partial charge in [-0.25, -0.2) is 0 Å². The van der Waals surface area contributed by atoms with Crippen LogP contribution in [0.3, 0.4) is 0 Å². The van der Waals surface area contributed by atoms with E-state index in [2.05, 4.69) is 16.0 Å². The molecule has 0 bridgehead atoms.